The molecule has 0 bridgehead atoms. The van der Waals surface area contributed by atoms with Gasteiger partial charge < -0.3 is 19.5 Å². The molecular weight excluding hydrogens is 521 g/mol. The number of halogens is 2. The monoisotopic (exact) mass is 558 g/mol. The van der Waals surface area contributed by atoms with Crippen molar-refractivity contribution in [3.8, 4) is 22.4 Å². The topological polar surface area (TPSA) is 94.6 Å². The van der Waals surface area contributed by atoms with Crippen LogP contribution in [0, 0.1) is 11.6 Å². The van der Waals surface area contributed by atoms with Crippen LogP contribution in [0.5, 0.6) is 0 Å². The Morgan fingerprint density at radius 2 is 1.43 bits per heavy atom. The second kappa shape index (κ2) is 12.3. The first-order valence-corrected chi connectivity index (χ1v) is 17.7. The predicted octanol–water partition coefficient (Wildman–Crippen LogP) is 2.71. The first kappa shape index (κ1) is 29.7. The Labute approximate surface area is 220 Å². The van der Waals surface area contributed by atoms with E-state index in [1.165, 1.54) is 10.7 Å². The summed E-state index contributed by atoms with van der Waals surface area (Å²) in [5.41, 5.74) is 0.733. The van der Waals surface area contributed by atoms with Crippen molar-refractivity contribution in [2.45, 2.75) is 13.5 Å². The van der Waals surface area contributed by atoms with Gasteiger partial charge in [0.1, 0.15) is 19.2 Å². The van der Waals surface area contributed by atoms with E-state index in [0.717, 1.165) is 17.6 Å². The van der Waals surface area contributed by atoms with E-state index in [-0.39, 0.29) is 19.0 Å². The first-order chi connectivity index (χ1) is 17.2. The van der Waals surface area contributed by atoms with Gasteiger partial charge in [0.25, 0.3) is 0 Å². The molecule has 37 heavy (non-hydrogen) atoms. The summed E-state index contributed by atoms with van der Waals surface area (Å²) in [6, 6.07) is 2.46. The highest BCUT2D eigenvalue weighted by molar-refractivity contribution is 8.32. The number of aromatic nitrogens is 4. The quantitative estimate of drug-likeness (QED) is 0.248. The van der Waals surface area contributed by atoms with Crippen LogP contribution in [-0.2, 0) is 22.9 Å². The van der Waals surface area contributed by atoms with Crippen LogP contribution >= 0.6 is 20.1 Å². The summed E-state index contributed by atoms with van der Waals surface area (Å²) in [6.45, 7) is 1.58. The fourth-order valence-electron chi connectivity index (χ4n) is 3.36. The van der Waals surface area contributed by atoms with Crippen LogP contribution in [-0.4, -0.2) is 99.0 Å². The molecule has 0 unspecified atom stereocenters. The van der Waals surface area contributed by atoms with Crippen LogP contribution in [0.2, 0.25) is 0 Å². The summed E-state index contributed by atoms with van der Waals surface area (Å²) >= 11 is 0. The summed E-state index contributed by atoms with van der Waals surface area (Å²) in [5.74, 6) is -0.595. The lowest BCUT2D eigenvalue weighted by Crippen LogP contribution is -2.33. The minimum absolute atomic E-state index is 0.0561. The molecule has 0 amide bonds. The van der Waals surface area contributed by atoms with Gasteiger partial charge in [0.05, 0.1) is 19.4 Å². The van der Waals surface area contributed by atoms with Gasteiger partial charge in [-0.1, -0.05) is 12.1 Å². The lowest BCUT2D eigenvalue weighted by Gasteiger charge is -2.24. The molecule has 0 spiro atoms. The second-order valence-electron chi connectivity index (χ2n) is 10.6. The van der Waals surface area contributed by atoms with E-state index in [1.807, 2.05) is 0 Å². The molecular formula is C24H37BF2N4O4S2. The molecule has 0 aliphatic carbocycles. The highest BCUT2D eigenvalue weighted by Gasteiger charge is 2.25. The molecule has 206 valence electrons. The number of benzene rings is 1. The molecule has 0 saturated heterocycles. The van der Waals surface area contributed by atoms with Gasteiger partial charge in [-0.3, -0.25) is 0 Å². The molecule has 0 aliphatic heterocycles. The predicted molar refractivity (Wildman–Crippen MR) is 151 cm³/mol. The zero-order valence-electron chi connectivity index (χ0n) is 22.3. The molecule has 8 nitrogen and oxygen atoms in total. The van der Waals surface area contributed by atoms with E-state index < -0.39 is 44.3 Å². The van der Waals surface area contributed by atoms with Crippen molar-refractivity contribution in [1.29, 1.82) is 0 Å². The Bertz CT molecular complexity index is 1190. The summed E-state index contributed by atoms with van der Waals surface area (Å²) < 4.78 is 44.3. The van der Waals surface area contributed by atoms with Gasteiger partial charge in [-0.05, 0) is 37.5 Å². The van der Waals surface area contributed by atoms with Crippen molar-refractivity contribution in [2.75, 3.05) is 62.3 Å². The van der Waals surface area contributed by atoms with Gasteiger partial charge in [-0.25, -0.2) is 38.2 Å². The number of ether oxygens (including phenoxy) is 2. The smallest absolute Gasteiger partial charge is 0.423 e. The molecule has 1 aromatic carbocycles. The van der Waals surface area contributed by atoms with Crippen molar-refractivity contribution in [2.24, 2.45) is 0 Å². The van der Waals surface area contributed by atoms with E-state index in [4.69, 9.17) is 9.47 Å². The maximum Gasteiger partial charge on any atom is 0.491 e. The average molecular weight is 559 g/mol. The third-order valence-corrected chi connectivity index (χ3v) is 8.26. The van der Waals surface area contributed by atoms with Gasteiger partial charge in [0.15, 0.2) is 11.6 Å². The fourth-order valence-corrected chi connectivity index (χ4v) is 4.60. The Hall–Kier alpha value is -1.90. The molecule has 0 radical (unpaired) electrons. The largest absolute Gasteiger partial charge is 0.491 e. The van der Waals surface area contributed by atoms with Gasteiger partial charge >= 0.3 is 7.12 Å². The lowest BCUT2D eigenvalue weighted by molar-refractivity contribution is 0.0807. The van der Waals surface area contributed by atoms with Crippen molar-refractivity contribution in [1.82, 2.24) is 19.6 Å². The molecule has 3 aromatic rings. The van der Waals surface area contributed by atoms with Gasteiger partial charge in [0, 0.05) is 46.1 Å². The Morgan fingerprint density at radius 3 is 2.00 bits per heavy atom. The molecule has 0 saturated carbocycles. The maximum atomic E-state index is 15.1. The molecule has 2 heterocycles. The fraction of sp³-hybridized carbons (Fsp3) is 0.500. The summed E-state index contributed by atoms with van der Waals surface area (Å²) in [7, 11) is -3.50. The standard InChI is InChI=1S/C24H37BF2N4O4S2/c1-36(2,3)11-9-34-16-30-14-18(13-28-30)24-20(15-31(29-24)17-35-10-12-37(4,5)6)19-7-8-21(25(32)33)23(27)22(19)26/h7-8,13-15,32-33H,9-12,16-17H2,1-6H3. The third-order valence-electron chi connectivity index (χ3n) is 5.48. The minimum atomic E-state index is -2.12. The van der Waals surface area contributed by atoms with Crippen LogP contribution in [0.3, 0.4) is 0 Å². The van der Waals surface area contributed by atoms with Gasteiger partial charge in [-0.2, -0.15) is 10.2 Å². The first-order valence-electron chi connectivity index (χ1n) is 11.7. The van der Waals surface area contributed by atoms with Crippen molar-refractivity contribution in [3.05, 3.63) is 42.4 Å². The summed E-state index contributed by atoms with van der Waals surface area (Å²) in [5, 5.41) is 27.6. The maximum absolute atomic E-state index is 15.1. The van der Waals surface area contributed by atoms with Crippen LogP contribution in [0.15, 0.2) is 30.7 Å². The van der Waals surface area contributed by atoms with Crippen LogP contribution in [0.25, 0.3) is 22.4 Å². The molecule has 0 aliphatic rings. The zero-order chi connectivity index (χ0) is 27.4. The van der Waals surface area contributed by atoms with Gasteiger partial charge in [-0.15, -0.1) is 0 Å². The molecule has 0 fully saturated rings. The molecule has 0 atom stereocenters. The third kappa shape index (κ3) is 8.55. The Balaban J connectivity index is 1.88. The van der Waals surface area contributed by atoms with Crippen LogP contribution < -0.4 is 5.46 Å². The second-order valence-corrected chi connectivity index (χ2v) is 19.7. The van der Waals surface area contributed by atoms with E-state index in [1.54, 1.807) is 23.3 Å². The number of hydrogen-bond donors (Lipinski definition) is 2. The van der Waals surface area contributed by atoms with Crippen molar-refractivity contribution >= 4 is 32.6 Å². The summed E-state index contributed by atoms with van der Waals surface area (Å²) in [6.07, 6.45) is 18.2. The molecule has 13 heteroatoms. The van der Waals surface area contributed by atoms with Gasteiger partial charge in [0.2, 0.25) is 0 Å². The zero-order valence-corrected chi connectivity index (χ0v) is 23.9. The van der Waals surface area contributed by atoms with Crippen LogP contribution in [0.1, 0.15) is 0 Å². The number of rotatable bonds is 13. The average Bonchev–Trinajstić information content (AvgIpc) is 3.41. The molecule has 2 N–H and O–H groups in total. The van der Waals surface area contributed by atoms with E-state index in [0.29, 0.717) is 30.0 Å². The Kier molecular flexibility index (Phi) is 9.87. The van der Waals surface area contributed by atoms with E-state index in [9.17, 15) is 14.4 Å². The normalized spacial score (nSPS) is 13.2. The number of nitrogens with zero attached hydrogens (tertiary/aromatic N) is 4. The highest BCUT2D eigenvalue weighted by Crippen LogP contribution is 2.35. The van der Waals surface area contributed by atoms with Crippen molar-refractivity contribution < 1.29 is 28.3 Å². The minimum Gasteiger partial charge on any atom is -0.423 e. The molecule has 2 aromatic heterocycles. The van der Waals surface area contributed by atoms with Crippen LogP contribution in [0.4, 0.5) is 8.78 Å². The number of hydrogen-bond acceptors (Lipinski definition) is 6. The van der Waals surface area contributed by atoms with Crippen molar-refractivity contribution in [3.63, 3.8) is 0 Å². The Morgan fingerprint density at radius 1 is 0.838 bits per heavy atom. The van der Waals surface area contributed by atoms with E-state index in [2.05, 4.69) is 47.7 Å². The summed E-state index contributed by atoms with van der Waals surface area (Å²) in [4.78, 5) is 0. The lowest BCUT2D eigenvalue weighted by atomic mass is 9.79. The SMILES string of the molecule is CS(C)(C)CCOCn1cc(-c2nn(COCCS(C)(C)C)cc2-c2ccc(B(O)O)c(F)c2F)cn1. The molecule has 3 rings (SSSR count). The highest BCUT2D eigenvalue weighted by atomic mass is 32.3. The van der Waals surface area contributed by atoms with E-state index >= 15 is 4.39 Å².